The molecule has 4 aromatic rings. The van der Waals surface area contributed by atoms with Crippen LogP contribution in [0.5, 0.6) is 0 Å². The van der Waals surface area contributed by atoms with Crippen molar-refractivity contribution in [3.05, 3.63) is 74.7 Å². The Morgan fingerprint density at radius 1 is 1.22 bits per heavy atom. The van der Waals surface area contributed by atoms with E-state index in [9.17, 15) is 9.59 Å². The minimum absolute atomic E-state index is 0.343. The predicted octanol–water partition coefficient (Wildman–Crippen LogP) is 2.85. The Morgan fingerprint density at radius 2 is 1.89 bits per heavy atom. The third-order valence-electron chi connectivity index (χ3n) is 4.81. The SMILES string of the molecule is C=C[C@H](C)n1c(=O)c2c(nc3n(-c4ccc(Cl)cc4)c(C)cn23)n(C)c1=O. The summed E-state index contributed by atoms with van der Waals surface area (Å²) in [6.07, 6.45) is 3.41. The van der Waals surface area contributed by atoms with E-state index in [1.807, 2.05) is 29.8 Å². The van der Waals surface area contributed by atoms with Crippen LogP contribution in [-0.4, -0.2) is 23.1 Å². The molecule has 1 atom stereocenters. The van der Waals surface area contributed by atoms with Gasteiger partial charge in [0.2, 0.25) is 5.78 Å². The molecular formula is C19H18ClN5O2. The number of aryl methyl sites for hydroxylation is 2. The zero-order valence-corrected chi connectivity index (χ0v) is 15.9. The summed E-state index contributed by atoms with van der Waals surface area (Å²) in [5.74, 6) is 0.556. The number of nitrogens with zero attached hydrogens (tertiary/aromatic N) is 5. The van der Waals surface area contributed by atoms with E-state index in [2.05, 4.69) is 11.6 Å². The van der Waals surface area contributed by atoms with E-state index in [4.69, 9.17) is 11.6 Å². The van der Waals surface area contributed by atoms with Gasteiger partial charge in [0.05, 0.1) is 6.04 Å². The van der Waals surface area contributed by atoms with Crippen molar-refractivity contribution in [2.45, 2.75) is 19.9 Å². The lowest BCUT2D eigenvalue weighted by Gasteiger charge is -2.11. The molecule has 3 aromatic heterocycles. The van der Waals surface area contributed by atoms with E-state index < -0.39 is 11.7 Å². The normalized spacial score (nSPS) is 12.7. The van der Waals surface area contributed by atoms with Crippen LogP contribution in [0.2, 0.25) is 5.02 Å². The van der Waals surface area contributed by atoms with Crippen LogP contribution in [0.15, 0.2) is 52.7 Å². The second kappa shape index (κ2) is 5.99. The molecule has 0 aliphatic rings. The average Bonchev–Trinajstić information content (AvgIpc) is 3.15. The van der Waals surface area contributed by atoms with Gasteiger partial charge in [-0.15, -0.1) is 6.58 Å². The highest BCUT2D eigenvalue weighted by molar-refractivity contribution is 6.30. The van der Waals surface area contributed by atoms with Crippen molar-refractivity contribution in [3.8, 4) is 5.69 Å². The van der Waals surface area contributed by atoms with Crippen LogP contribution in [0.25, 0.3) is 22.6 Å². The van der Waals surface area contributed by atoms with Gasteiger partial charge in [-0.2, -0.15) is 4.98 Å². The zero-order chi connectivity index (χ0) is 19.5. The van der Waals surface area contributed by atoms with Gasteiger partial charge in [-0.05, 0) is 38.1 Å². The van der Waals surface area contributed by atoms with Crippen molar-refractivity contribution in [3.63, 3.8) is 0 Å². The molecule has 0 unspecified atom stereocenters. The summed E-state index contributed by atoms with van der Waals surface area (Å²) >= 11 is 5.99. The Labute approximate surface area is 159 Å². The third kappa shape index (κ3) is 2.39. The zero-order valence-electron chi connectivity index (χ0n) is 15.2. The monoisotopic (exact) mass is 383 g/mol. The van der Waals surface area contributed by atoms with Crippen molar-refractivity contribution >= 4 is 28.5 Å². The van der Waals surface area contributed by atoms with Crippen LogP contribution < -0.4 is 11.2 Å². The van der Waals surface area contributed by atoms with E-state index in [1.165, 1.54) is 9.13 Å². The first-order chi connectivity index (χ1) is 12.8. The van der Waals surface area contributed by atoms with E-state index in [0.717, 1.165) is 11.4 Å². The molecule has 0 fully saturated rings. The topological polar surface area (TPSA) is 66.2 Å². The molecule has 8 heteroatoms. The molecule has 7 nitrogen and oxygen atoms in total. The molecule has 138 valence electrons. The first-order valence-electron chi connectivity index (χ1n) is 8.45. The minimum Gasteiger partial charge on any atom is -0.283 e. The molecule has 3 heterocycles. The molecule has 0 radical (unpaired) electrons. The van der Waals surface area contributed by atoms with Gasteiger partial charge in [0.25, 0.3) is 5.56 Å². The van der Waals surface area contributed by atoms with E-state index in [1.54, 1.807) is 36.6 Å². The largest absolute Gasteiger partial charge is 0.333 e. The number of allylic oxidation sites excluding steroid dienone is 1. The lowest BCUT2D eigenvalue weighted by atomic mass is 10.3. The smallest absolute Gasteiger partial charge is 0.283 e. The highest BCUT2D eigenvalue weighted by atomic mass is 35.5. The third-order valence-corrected chi connectivity index (χ3v) is 5.06. The van der Waals surface area contributed by atoms with Crippen LogP contribution in [0.4, 0.5) is 0 Å². The molecule has 27 heavy (non-hydrogen) atoms. The van der Waals surface area contributed by atoms with E-state index in [0.29, 0.717) is 22.0 Å². The molecule has 4 rings (SSSR count). The Morgan fingerprint density at radius 3 is 2.52 bits per heavy atom. The summed E-state index contributed by atoms with van der Waals surface area (Å²) in [7, 11) is 1.61. The van der Waals surface area contributed by atoms with Crippen molar-refractivity contribution in [1.82, 2.24) is 23.1 Å². The van der Waals surface area contributed by atoms with E-state index in [-0.39, 0.29) is 5.56 Å². The first kappa shape index (κ1) is 17.4. The molecule has 0 aliphatic heterocycles. The summed E-state index contributed by atoms with van der Waals surface area (Å²) in [6, 6.07) is 6.93. The Kier molecular flexibility index (Phi) is 3.85. The second-order valence-corrected chi connectivity index (χ2v) is 6.97. The second-order valence-electron chi connectivity index (χ2n) is 6.53. The van der Waals surface area contributed by atoms with Gasteiger partial charge < -0.3 is 0 Å². The van der Waals surface area contributed by atoms with Crippen LogP contribution in [-0.2, 0) is 7.05 Å². The highest BCUT2D eigenvalue weighted by Gasteiger charge is 2.21. The van der Waals surface area contributed by atoms with E-state index >= 15 is 0 Å². The molecule has 0 amide bonds. The average molecular weight is 384 g/mol. The standard InChI is InChI=1S/C19H18ClN5O2/c1-5-11(2)25-17(26)15-16(22(4)19(25)27)21-18-23(15)10-12(3)24(18)14-8-6-13(20)7-9-14/h5-11H,1H2,2-4H3/t11-/m0/s1. The molecule has 0 spiro atoms. The van der Waals surface area contributed by atoms with Gasteiger partial charge in [-0.25, -0.2) is 4.79 Å². The summed E-state index contributed by atoms with van der Waals surface area (Å²) in [4.78, 5) is 30.4. The number of aromatic nitrogens is 5. The lowest BCUT2D eigenvalue weighted by molar-refractivity contribution is 0.574. The molecule has 0 saturated carbocycles. The van der Waals surface area contributed by atoms with Crippen molar-refractivity contribution in [1.29, 1.82) is 0 Å². The Bertz CT molecular complexity index is 1320. The Balaban J connectivity index is 2.15. The quantitative estimate of drug-likeness (QED) is 0.511. The number of rotatable bonds is 3. The predicted molar refractivity (Wildman–Crippen MR) is 106 cm³/mol. The van der Waals surface area contributed by atoms with Gasteiger partial charge in [0, 0.05) is 29.6 Å². The highest BCUT2D eigenvalue weighted by Crippen LogP contribution is 2.22. The van der Waals surface area contributed by atoms with Gasteiger partial charge in [0.1, 0.15) is 0 Å². The molecular weight excluding hydrogens is 366 g/mol. The maximum atomic E-state index is 13.1. The number of halogens is 1. The summed E-state index contributed by atoms with van der Waals surface area (Å²) in [5.41, 5.74) is 1.66. The fraction of sp³-hybridized carbons (Fsp3) is 0.211. The maximum absolute atomic E-state index is 13.1. The molecule has 0 bridgehead atoms. The fourth-order valence-corrected chi connectivity index (χ4v) is 3.48. The van der Waals surface area contributed by atoms with Crippen LogP contribution in [0, 0.1) is 6.92 Å². The summed E-state index contributed by atoms with van der Waals surface area (Å²) in [6.45, 7) is 7.39. The van der Waals surface area contributed by atoms with Gasteiger partial charge in [-0.3, -0.25) is 22.9 Å². The molecule has 0 saturated heterocycles. The number of fused-ring (bicyclic) bond motifs is 3. The van der Waals surface area contributed by atoms with Crippen molar-refractivity contribution in [2.75, 3.05) is 0 Å². The summed E-state index contributed by atoms with van der Waals surface area (Å²) in [5, 5.41) is 0.636. The van der Waals surface area contributed by atoms with Crippen LogP contribution in [0.3, 0.4) is 0 Å². The maximum Gasteiger partial charge on any atom is 0.333 e. The lowest BCUT2D eigenvalue weighted by Crippen LogP contribution is -2.40. The number of hydrogen-bond donors (Lipinski definition) is 0. The molecule has 1 aromatic carbocycles. The van der Waals surface area contributed by atoms with Crippen molar-refractivity contribution in [2.24, 2.45) is 7.05 Å². The van der Waals surface area contributed by atoms with Crippen molar-refractivity contribution < 1.29 is 0 Å². The fourth-order valence-electron chi connectivity index (χ4n) is 3.35. The molecule has 0 N–H and O–H groups in total. The van der Waals surface area contributed by atoms with Gasteiger partial charge >= 0.3 is 5.69 Å². The van der Waals surface area contributed by atoms with Gasteiger partial charge in [-0.1, -0.05) is 17.7 Å². The Hall–Kier alpha value is -3.06. The molecule has 0 aliphatic carbocycles. The van der Waals surface area contributed by atoms with Crippen LogP contribution in [0.1, 0.15) is 18.7 Å². The van der Waals surface area contributed by atoms with Gasteiger partial charge in [0.15, 0.2) is 11.2 Å². The minimum atomic E-state index is -0.425. The number of imidazole rings is 2. The number of benzene rings is 1. The first-order valence-corrected chi connectivity index (χ1v) is 8.83. The summed E-state index contributed by atoms with van der Waals surface area (Å²) < 4.78 is 6.23. The van der Waals surface area contributed by atoms with Crippen LogP contribution >= 0.6 is 11.6 Å². The number of hydrogen-bond acceptors (Lipinski definition) is 3.